The van der Waals surface area contributed by atoms with Crippen molar-refractivity contribution in [2.24, 2.45) is 4.76 Å². The zero-order chi connectivity index (χ0) is 7.68. The summed E-state index contributed by atoms with van der Waals surface area (Å²) >= 11 is 0. The zero-order valence-corrected chi connectivity index (χ0v) is 6.58. The lowest BCUT2D eigenvalue weighted by Crippen LogP contribution is -2.19. The number of nitrogens with zero attached hydrogens (tertiary/aromatic N) is 1. The number of hydrogen-bond donors (Lipinski definition) is 0. The molecule has 1 aliphatic rings. The fourth-order valence-corrected chi connectivity index (χ4v) is 2.06. The van der Waals surface area contributed by atoms with E-state index in [1.807, 2.05) is 35.7 Å². The molecule has 11 heavy (non-hydrogen) atoms. The van der Waals surface area contributed by atoms with E-state index >= 15 is 0 Å². The molecule has 0 fully saturated rings. The highest BCUT2D eigenvalue weighted by atomic mass is 31.1. The largest absolute Gasteiger partial charge is 0.367 e. The minimum atomic E-state index is -0.975. The van der Waals surface area contributed by atoms with Gasteiger partial charge < -0.3 is 0 Å². The molecule has 0 saturated carbocycles. The highest BCUT2D eigenvalue weighted by Gasteiger charge is 2.11. The van der Waals surface area contributed by atoms with Crippen LogP contribution in [0.4, 0.5) is 0 Å². The van der Waals surface area contributed by atoms with E-state index in [4.69, 9.17) is 0 Å². The average molecular weight is 162 g/mol. The van der Waals surface area contributed by atoms with Crippen LogP contribution in [-0.4, -0.2) is 5.66 Å². The van der Waals surface area contributed by atoms with Crippen molar-refractivity contribution in [3.8, 4) is 0 Å². The molecule has 3 heteroatoms. The van der Waals surface area contributed by atoms with Crippen LogP contribution in [0, 0.1) is 0 Å². The molecule has 0 N–H and O–H groups in total. The van der Waals surface area contributed by atoms with E-state index in [1.165, 1.54) is 0 Å². The van der Waals surface area contributed by atoms with Crippen molar-refractivity contribution in [2.45, 2.75) is 0 Å². The predicted octanol–water partition coefficient (Wildman–Crippen LogP) is 0.522. The number of benzene rings is 1. The zero-order valence-electron chi connectivity index (χ0n) is 5.69. The Labute approximate surface area is 64.3 Å². The van der Waals surface area contributed by atoms with E-state index in [1.54, 1.807) is 0 Å². The molecule has 1 aromatic rings. The molecule has 0 radical (unpaired) electrons. The summed E-state index contributed by atoms with van der Waals surface area (Å²) in [6, 6.07) is 7.72. The molecular formula is C8H5NOP+. The molecule has 0 bridgehead atoms. The van der Waals surface area contributed by atoms with E-state index in [-0.39, 0.29) is 0 Å². The molecular weight excluding hydrogens is 157 g/mol. The molecule has 0 aliphatic carbocycles. The first-order valence-electron chi connectivity index (χ1n) is 3.23. The molecule has 1 aliphatic heterocycles. The third kappa shape index (κ3) is 1.03. The maximum Gasteiger partial charge on any atom is 0.367 e. The topological polar surface area (TPSA) is 29.4 Å². The van der Waals surface area contributed by atoms with Crippen LogP contribution in [-0.2, 0) is 4.79 Å². The second-order valence-corrected chi connectivity index (χ2v) is 3.55. The van der Waals surface area contributed by atoms with Crippen LogP contribution in [0.15, 0.2) is 29.0 Å². The molecule has 0 saturated heterocycles. The Kier molecular flexibility index (Phi) is 1.43. The minimum Gasteiger partial charge on any atom is -0.181 e. The fraction of sp³-hybridized carbons (Fsp3) is 0. The molecule has 1 unspecified atom stereocenters. The van der Waals surface area contributed by atoms with Gasteiger partial charge in [0.2, 0.25) is 0 Å². The van der Waals surface area contributed by atoms with E-state index in [2.05, 4.69) is 4.76 Å². The average Bonchev–Trinajstić information content (AvgIpc) is 2.46. The first-order chi connectivity index (χ1) is 5.40. The quantitative estimate of drug-likeness (QED) is 0.511. The Hall–Kier alpha value is -1.23. The molecule has 1 atom stereocenters. The van der Waals surface area contributed by atoms with E-state index in [0.29, 0.717) is 0 Å². The number of fused-ring (bicyclic) bond motifs is 1. The van der Waals surface area contributed by atoms with Crippen LogP contribution in [0.5, 0.6) is 0 Å². The molecule has 1 aromatic carbocycles. The summed E-state index contributed by atoms with van der Waals surface area (Å²) in [5, 5.41) is 1.98. The van der Waals surface area contributed by atoms with Gasteiger partial charge in [-0.1, -0.05) is 16.9 Å². The van der Waals surface area contributed by atoms with Crippen molar-refractivity contribution in [1.29, 1.82) is 0 Å². The Morgan fingerprint density at radius 2 is 2.18 bits per heavy atom. The van der Waals surface area contributed by atoms with Crippen molar-refractivity contribution in [1.82, 2.24) is 0 Å². The Morgan fingerprint density at radius 3 is 2.91 bits per heavy atom. The van der Waals surface area contributed by atoms with Gasteiger partial charge in [-0.2, -0.15) is 4.79 Å². The SMILES string of the molecule is O=C=[P+]1C=c2ccccc2=N1. The van der Waals surface area contributed by atoms with Gasteiger partial charge >= 0.3 is 13.4 Å². The summed E-state index contributed by atoms with van der Waals surface area (Å²) in [7, 11) is -0.975. The lowest BCUT2D eigenvalue weighted by atomic mass is 10.3. The minimum absolute atomic E-state index is 0.918. The molecule has 2 rings (SSSR count). The van der Waals surface area contributed by atoms with Gasteiger partial charge in [0.15, 0.2) is 5.82 Å². The highest BCUT2D eigenvalue weighted by Crippen LogP contribution is 2.24. The number of carbonyl (C=O) groups excluding carboxylic acids is 1. The van der Waals surface area contributed by atoms with Crippen molar-refractivity contribution in [3.63, 3.8) is 0 Å². The van der Waals surface area contributed by atoms with Crippen molar-refractivity contribution < 1.29 is 4.79 Å². The van der Waals surface area contributed by atoms with Crippen molar-refractivity contribution in [2.75, 3.05) is 0 Å². The monoisotopic (exact) mass is 162 g/mol. The number of hydrogen-bond acceptors (Lipinski definition) is 2. The van der Waals surface area contributed by atoms with Crippen LogP contribution >= 0.6 is 7.70 Å². The third-order valence-corrected chi connectivity index (χ3v) is 2.65. The number of rotatable bonds is 0. The maximum atomic E-state index is 10.3. The van der Waals surface area contributed by atoms with Crippen LogP contribution in [0.2, 0.25) is 0 Å². The lowest BCUT2D eigenvalue weighted by Gasteiger charge is -1.74. The molecule has 1 heterocycles. The van der Waals surface area contributed by atoms with E-state index in [0.717, 1.165) is 10.6 Å². The molecule has 0 spiro atoms. The Balaban J connectivity index is 2.91. The van der Waals surface area contributed by atoms with Gasteiger partial charge in [-0.3, -0.25) is 0 Å². The van der Waals surface area contributed by atoms with Gasteiger partial charge in [-0.05, 0) is 12.1 Å². The summed E-state index contributed by atoms with van der Waals surface area (Å²) in [6.45, 7) is 0. The van der Waals surface area contributed by atoms with Crippen LogP contribution in [0.25, 0.3) is 5.82 Å². The fourth-order valence-electron chi connectivity index (χ4n) is 1.01. The second-order valence-electron chi connectivity index (χ2n) is 2.22. The summed E-state index contributed by atoms with van der Waals surface area (Å²) in [4.78, 5) is 10.3. The second kappa shape index (κ2) is 2.43. The van der Waals surface area contributed by atoms with Gasteiger partial charge in [0.1, 0.15) is 5.36 Å². The van der Waals surface area contributed by atoms with Gasteiger partial charge in [0.25, 0.3) is 0 Å². The van der Waals surface area contributed by atoms with E-state index < -0.39 is 7.70 Å². The smallest absolute Gasteiger partial charge is 0.181 e. The highest BCUT2D eigenvalue weighted by molar-refractivity contribution is 7.63. The Morgan fingerprint density at radius 1 is 1.36 bits per heavy atom. The molecule has 0 aromatic heterocycles. The lowest BCUT2D eigenvalue weighted by molar-refractivity contribution is 0.571. The summed E-state index contributed by atoms with van der Waals surface area (Å²) < 4.78 is 4.16. The van der Waals surface area contributed by atoms with Gasteiger partial charge in [-0.15, -0.1) is 0 Å². The normalized spacial score (nSPS) is 16.2. The third-order valence-electron chi connectivity index (χ3n) is 1.51. The standard InChI is InChI=1S/C8H5NOP/c10-6-11-5-7-3-1-2-4-8(7)9-11/h1-5H/q+1. The van der Waals surface area contributed by atoms with Gasteiger partial charge in [-0.25, -0.2) is 0 Å². The molecule has 2 nitrogen and oxygen atoms in total. The summed E-state index contributed by atoms with van der Waals surface area (Å²) in [5.74, 6) is 1.87. The van der Waals surface area contributed by atoms with Crippen LogP contribution in [0.1, 0.15) is 0 Å². The van der Waals surface area contributed by atoms with Gasteiger partial charge in [0.05, 0.1) is 0 Å². The molecule has 0 amide bonds. The summed E-state index contributed by atoms with van der Waals surface area (Å²) in [5.41, 5.74) is 1.90. The van der Waals surface area contributed by atoms with Crippen molar-refractivity contribution >= 4 is 19.2 Å². The predicted molar refractivity (Wildman–Crippen MR) is 44.3 cm³/mol. The van der Waals surface area contributed by atoms with Gasteiger partial charge in [0, 0.05) is 5.22 Å². The van der Waals surface area contributed by atoms with Crippen LogP contribution < -0.4 is 10.6 Å². The van der Waals surface area contributed by atoms with Crippen molar-refractivity contribution in [3.05, 3.63) is 34.8 Å². The maximum absolute atomic E-state index is 10.3. The first kappa shape index (κ1) is 6.48. The Bertz CT molecular complexity index is 420. The van der Waals surface area contributed by atoms with E-state index in [9.17, 15) is 4.79 Å². The first-order valence-corrected chi connectivity index (χ1v) is 4.59. The van der Waals surface area contributed by atoms with Crippen LogP contribution in [0.3, 0.4) is 0 Å². The summed E-state index contributed by atoms with van der Waals surface area (Å²) in [6.07, 6.45) is 0. The molecule has 52 valence electrons.